The quantitative estimate of drug-likeness (QED) is 0.530. The average Bonchev–Trinajstić information content (AvgIpc) is 2.84. The fraction of sp³-hybridized carbons (Fsp3) is 0.462. The maximum Gasteiger partial charge on any atom is 0.339 e. The Bertz CT molecular complexity index is 565. The van der Waals surface area contributed by atoms with Crippen LogP contribution < -0.4 is 0 Å². The molecular weight excluding hydrogens is 266 g/mol. The highest BCUT2D eigenvalue weighted by molar-refractivity contribution is 5.97. The summed E-state index contributed by atoms with van der Waals surface area (Å²) < 4.78 is 10.1. The van der Waals surface area contributed by atoms with Gasteiger partial charge in [-0.3, -0.25) is 4.90 Å². The number of phenols is 3. The molecule has 1 fully saturated rings. The van der Waals surface area contributed by atoms with Gasteiger partial charge in [-0.25, -0.2) is 4.79 Å². The molecule has 2 aliphatic rings. The van der Waals surface area contributed by atoms with Gasteiger partial charge in [0.25, 0.3) is 0 Å². The monoisotopic (exact) mass is 281 g/mol. The predicted octanol–water partition coefficient (Wildman–Crippen LogP) is 0.306. The number of carbonyl (C=O) groups is 1. The van der Waals surface area contributed by atoms with Crippen molar-refractivity contribution < 1.29 is 29.6 Å². The third kappa shape index (κ3) is 1.95. The number of hydrogen-bond acceptors (Lipinski definition) is 7. The minimum atomic E-state index is -0.606. The predicted molar refractivity (Wildman–Crippen MR) is 66.7 cm³/mol. The number of ether oxygens (including phenoxy) is 2. The van der Waals surface area contributed by atoms with E-state index >= 15 is 0 Å². The van der Waals surface area contributed by atoms with Gasteiger partial charge in [-0.2, -0.15) is 0 Å². The largest absolute Gasteiger partial charge is 0.504 e. The molecule has 0 aliphatic carbocycles. The van der Waals surface area contributed by atoms with Crippen molar-refractivity contribution in [2.45, 2.75) is 13.2 Å². The van der Waals surface area contributed by atoms with Crippen LogP contribution in [-0.2, 0) is 22.6 Å². The molecule has 7 heteroatoms. The lowest BCUT2D eigenvalue weighted by molar-refractivity contribution is 0.0335. The van der Waals surface area contributed by atoms with Crippen molar-refractivity contribution in [2.75, 3.05) is 26.3 Å². The smallest absolute Gasteiger partial charge is 0.339 e. The Labute approximate surface area is 115 Å². The first kappa shape index (κ1) is 13.0. The van der Waals surface area contributed by atoms with E-state index < -0.39 is 23.2 Å². The first-order valence-electron chi connectivity index (χ1n) is 6.35. The van der Waals surface area contributed by atoms with E-state index in [1.807, 2.05) is 4.90 Å². The topological polar surface area (TPSA) is 99.5 Å². The van der Waals surface area contributed by atoms with Gasteiger partial charge in [0.15, 0.2) is 11.5 Å². The molecule has 3 N–H and O–H groups in total. The van der Waals surface area contributed by atoms with Gasteiger partial charge in [-0.05, 0) is 0 Å². The Hall–Kier alpha value is -1.99. The number of fused-ring (bicyclic) bond motifs is 1. The summed E-state index contributed by atoms with van der Waals surface area (Å²) in [5.41, 5.74) is 0.678. The van der Waals surface area contributed by atoms with Gasteiger partial charge in [0.1, 0.15) is 6.61 Å². The fourth-order valence-electron chi connectivity index (χ4n) is 2.55. The molecular formula is C13H15NO6. The van der Waals surface area contributed by atoms with Gasteiger partial charge in [0, 0.05) is 25.2 Å². The van der Waals surface area contributed by atoms with Gasteiger partial charge in [0.05, 0.1) is 24.3 Å². The van der Waals surface area contributed by atoms with Crippen LogP contribution in [0.15, 0.2) is 0 Å². The third-order valence-electron chi connectivity index (χ3n) is 3.66. The van der Waals surface area contributed by atoms with Gasteiger partial charge in [0.2, 0.25) is 5.75 Å². The number of rotatable bonds is 2. The summed E-state index contributed by atoms with van der Waals surface area (Å²) in [5.74, 6) is -2.15. The van der Waals surface area contributed by atoms with E-state index in [2.05, 4.69) is 0 Å². The van der Waals surface area contributed by atoms with Crippen molar-refractivity contribution in [2.24, 2.45) is 0 Å². The van der Waals surface area contributed by atoms with Crippen LogP contribution in [0.25, 0.3) is 0 Å². The zero-order valence-corrected chi connectivity index (χ0v) is 10.8. The number of carbonyl (C=O) groups excluding carboxylic acids is 1. The lowest BCUT2D eigenvalue weighted by Gasteiger charge is -2.27. The first-order valence-corrected chi connectivity index (χ1v) is 6.35. The van der Waals surface area contributed by atoms with Crippen LogP contribution in [0.4, 0.5) is 0 Å². The van der Waals surface area contributed by atoms with E-state index in [0.717, 1.165) is 0 Å². The normalized spacial score (nSPS) is 18.9. The number of morpholine rings is 1. The number of phenolic OH excluding ortho intramolecular Hbond substituents is 3. The Morgan fingerprint density at radius 2 is 1.75 bits per heavy atom. The van der Waals surface area contributed by atoms with Gasteiger partial charge >= 0.3 is 5.97 Å². The van der Waals surface area contributed by atoms with Gasteiger partial charge in [-0.1, -0.05) is 0 Å². The van der Waals surface area contributed by atoms with E-state index in [4.69, 9.17) is 9.47 Å². The van der Waals surface area contributed by atoms with Crippen molar-refractivity contribution in [3.8, 4) is 17.2 Å². The third-order valence-corrected chi connectivity index (χ3v) is 3.66. The highest BCUT2D eigenvalue weighted by atomic mass is 16.5. The molecule has 20 heavy (non-hydrogen) atoms. The molecule has 0 bridgehead atoms. The summed E-state index contributed by atoms with van der Waals surface area (Å²) in [4.78, 5) is 13.8. The average molecular weight is 281 g/mol. The number of nitrogens with zero attached hydrogens (tertiary/aromatic N) is 1. The zero-order valence-electron chi connectivity index (χ0n) is 10.8. The number of aromatic hydroxyl groups is 3. The SMILES string of the molecule is O=C1OCc2c(O)c(O)c(O)c(CN3CCOCC3)c21. The molecule has 0 unspecified atom stereocenters. The maximum absolute atomic E-state index is 11.8. The Balaban J connectivity index is 2.03. The maximum atomic E-state index is 11.8. The van der Waals surface area contributed by atoms with Gasteiger partial charge < -0.3 is 24.8 Å². The molecule has 0 amide bonds. The minimum Gasteiger partial charge on any atom is -0.504 e. The van der Waals surface area contributed by atoms with Crippen molar-refractivity contribution in [1.82, 2.24) is 4.90 Å². The molecule has 2 aliphatic heterocycles. The summed E-state index contributed by atoms with van der Waals surface area (Å²) in [7, 11) is 0. The van der Waals surface area contributed by atoms with E-state index in [0.29, 0.717) is 38.4 Å². The number of hydrogen-bond donors (Lipinski definition) is 3. The van der Waals surface area contributed by atoms with E-state index in [1.165, 1.54) is 0 Å². The van der Waals surface area contributed by atoms with E-state index in [-0.39, 0.29) is 17.7 Å². The second kappa shape index (κ2) is 4.84. The molecule has 0 atom stereocenters. The summed E-state index contributed by atoms with van der Waals surface area (Å²) in [6.45, 7) is 2.70. The number of esters is 1. The van der Waals surface area contributed by atoms with Crippen LogP contribution in [0.1, 0.15) is 21.5 Å². The molecule has 108 valence electrons. The van der Waals surface area contributed by atoms with Crippen molar-refractivity contribution in [3.63, 3.8) is 0 Å². The summed E-state index contributed by atoms with van der Waals surface area (Å²) in [6, 6.07) is 0. The lowest BCUT2D eigenvalue weighted by Crippen LogP contribution is -2.36. The fourth-order valence-corrected chi connectivity index (χ4v) is 2.55. The van der Waals surface area contributed by atoms with Crippen LogP contribution >= 0.6 is 0 Å². The van der Waals surface area contributed by atoms with Crippen molar-refractivity contribution in [1.29, 1.82) is 0 Å². The number of benzene rings is 1. The molecule has 0 radical (unpaired) electrons. The van der Waals surface area contributed by atoms with Crippen molar-refractivity contribution in [3.05, 3.63) is 16.7 Å². The highest BCUT2D eigenvalue weighted by Gasteiger charge is 2.34. The van der Waals surface area contributed by atoms with Gasteiger partial charge in [-0.15, -0.1) is 0 Å². The molecule has 1 aromatic rings. The van der Waals surface area contributed by atoms with E-state index in [1.54, 1.807) is 0 Å². The molecule has 2 heterocycles. The Morgan fingerprint density at radius 1 is 1.05 bits per heavy atom. The standard InChI is InChI=1S/C13H15NO6/c15-10-7(5-14-1-3-19-4-2-14)9-8(6-20-13(9)18)11(16)12(10)17/h15-17H,1-6H2. The lowest BCUT2D eigenvalue weighted by atomic mass is 9.99. The van der Waals surface area contributed by atoms with Crippen LogP contribution in [0.3, 0.4) is 0 Å². The summed E-state index contributed by atoms with van der Waals surface area (Å²) in [5, 5.41) is 29.5. The molecule has 0 spiro atoms. The second-order valence-corrected chi connectivity index (χ2v) is 4.84. The molecule has 1 saturated heterocycles. The molecule has 7 nitrogen and oxygen atoms in total. The summed E-state index contributed by atoms with van der Waals surface area (Å²) in [6.07, 6.45) is 0. The first-order chi connectivity index (χ1) is 9.59. The molecule has 0 saturated carbocycles. The highest BCUT2D eigenvalue weighted by Crippen LogP contribution is 2.46. The molecule has 0 aromatic heterocycles. The van der Waals surface area contributed by atoms with Crippen LogP contribution in [0.2, 0.25) is 0 Å². The van der Waals surface area contributed by atoms with Crippen molar-refractivity contribution >= 4 is 5.97 Å². The second-order valence-electron chi connectivity index (χ2n) is 4.84. The number of cyclic esters (lactones) is 1. The Morgan fingerprint density at radius 3 is 2.45 bits per heavy atom. The van der Waals surface area contributed by atoms with E-state index in [9.17, 15) is 20.1 Å². The zero-order chi connectivity index (χ0) is 14.3. The molecule has 3 rings (SSSR count). The van der Waals surface area contributed by atoms with Crippen LogP contribution in [0.5, 0.6) is 17.2 Å². The van der Waals surface area contributed by atoms with Crippen LogP contribution in [0, 0.1) is 0 Å². The molecule has 1 aromatic carbocycles. The van der Waals surface area contributed by atoms with Crippen LogP contribution in [-0.4, -0.2) is 52.5 Å². The summed E-state index contributed by atoms with van der Waals surface area (Å²) >= 11 is 0. The minimum absolute atomic E-state index is 0.0933. The Kier molecular flexibility index (Phi) is 3.15.